The number of benzene rings is 1. The number of nitrogens with one attached hydrogen (secondary N) is 1. The summed E-state index contributed by atoms with van der Waals surface area (Å²) in [7, 11) is 0. The molecular weight excluding hydrogens is 510 g/mol. The van der Waals surface area contributed by atoms with Crippen molar-refractivity contribution < 1.29 is 9.21 Å². The first-order chi connectivity index (χ1) is 14.5. The van der Waals surface area contributed by atoms with Gasteiger partial charge in [0.05, 0.1) is 11.4 Å². The van der Waals surface area contributed by atoms with Gasteiger partial charge in [0.15, 0.2) is 20.7 Å². The van der Waals surface area contributed by atoms with E-state index in [0.717, 1.165) is 11.3 Å². The van der Waals surface area contributed by atoms with Crippen molar-refractivity contribution in [3.05, 3.63) is 51.5 Å². The van der Waals surface area contributed by atoms with Gasteiger partial charge in [-0.1, -0.05) is 35.5 Å². The molecule has 0 saturated carbocycles. The monoisotopic (exact) mass is 523 g/mol. The van der Waals surface area contributed by atoms with Crippen LogP contribution in [0.2, 0.25) is 5.02 Å². The van der Waals surface area contributed by atoms with Gasteiger partial charge in [-0.15, -0.1) is 21.5 Å². The molecule has 4 aromatic rings. The van der Waals surface area contributed by atoms with Crippen LogP contribution in [-0.2, 0) is 11.3 Å². The molecule has 0 bridgehead atoms. The predicted molar refractivity (Wildman–Crippen MR) is 123 cm³/mol. The number of carbonyl (C=O) groups excluding carboxylic acids is 1. The number of thioether (sulfide) groups is 1. The third-order valence-electron chi connectivity index (χ3n) is 4.05. The molecule has 30 heavy (non-hydrogen) atoms. The maximum atomic E-state index is 12.4. The summed E-state index contributed by atoms with van der Waals surface area (Å²) in [6.07, 6.45) is 0. The molecule has 0 fully saturated rings. The van der Waals surface area contributed by atoms with Crippen molar-refractivity contribution in [3.63, 3.8) is 0 Å². The second kappa shape index (κ2) is 9.34. The molecule has 3 heterocycles. The number of hydrogen-bond donors (Lipinski definition) is 1. The predicted octanol–water partition coefficient (Wildman–Crippen LogP) is 5.83. The summed E-state index contributed by atoms with van der Waals surface area (Å²) in [5.41, 5.74) is 1.73. The van der Waals surface area contributed by atoms with E-state index < -0.39 is 0 Å². The van der Waals surface area contributed by atoms with E-state index in [1.165, 1.54) is 23.1 Å². The van der Waals surface area contributed by atoms with Gasteiger partial charge in [0.1, 0.15) is 0 Å². The first-order valence-corrected chi connectivity index (χ1v) is 11.9. The van der Waals surface area contributed by atoms with Gasteiger partial charge >= 0.3 is 0 Å². The van der Waals surface area contributed by atoms with Crippen LogP contribution >= 0.6 is 50.6 Å². The summed E-state index contributed by atoms with van der Waals surface area (Å²) in [6.45, 7) is 2.64. The van der Waals surface area contributed by atoms with Crippen LogP contribution in [0, 0.1) is 0 Å². The van der Waals surface area contributed by atoms with E-state index >= 15 is 0 Å². The number of halogens is 2. The Labute approximate surface area is 194 Å². The largest absolute Gasteiger partial charge is 0.446 e. The van der Waals surface area contributed by atoms with Gasteiger partial charge in [-0.2, -0.15) is 0 Å². The molecule has 3 aromatic heterocycles. The van der Waals surface area contributed by atoms with E-state index in [1.807, 2.05) is 47.2 Å². The number of rotatable bonds is 7. The van der Waals surface area contributed by atoms with Crippen LogP contribution in [0.4, 0.5) is 5.13 Å². The molecule has 11 heteroatoms. The minimum Gasteiger partial charge on any atom is -0.446 e. The lowest BCUT2D eigenvalue weighted by Gasteiger charge is -2.05. The molecule has 0 aliphatic heterocycles. The van der Waals surface area contributed by atoms with Gasteiger partial charge < -0.3 is 9.73 Å². The smallest absolute Gasteiger partial charge is 0.236 e. The SMILES string of the molecule is CCn1c(SCC(=O)Nc2nc(-c3ccc(Cl)cc3)cs2)nnc1-c1ccc(Br)o1. The lowest BCUT2D eigenvalue weighted by Crippen LogP contribution is -2.14. The van der Waals surface area contributed by atoms with Crippen LogP contribution in [0.3, 0.4) is 0 Å². The molecular formula is C19H15BrClN5O2S2. The Morgan fingerprint density at radius 2 is 2.07 bits per heavy atom. The van der Waals surface area contributed by atoms with Gasteiger partial charge in [0.2, 0.25) is 11.7 Å². The highest BCUT2D eigenvalue weighted by Crippen LogP contribution is 2.28. The summed E-state index contributed by atoms with van der Waals surface area (Å²) in [4.78, 5) is 16.9. The summed E-state index contributed by atoms with van der Waals surface area (Å²) in [6, 6.07) is 11.0. The molecule has 0 aliphatic carbocycles. The molecule has 0 unspecified atom stereocenters. The molecule has 0 aliphatic rings. The van der Waals surface area contributed by atoms with Gasteiger partial charge in [0.25, 0.3) is 0 Å². The van der Waals surface area contributed by atoms with E-state index in [4.69, 9.17) is 16.0 Å². The molecule has 7 nitrogen and oxygen atoms in total. The lowest BCUT2D eigenvalue weighted by molar-refractivity contribution is -0.113. The quantitative estimate of drug-likeness (QED) is 0.306. The first-order valence-electron chi connectivity index (χ1n) is 8.86. The van der Waals surface area contributed by atoms with E-state index in [-0.39, 0.29) is 11.7 Å². The molecule has 154 valence electrons. The van der Waals surface area contributed by atoms with Crippen molar-refractivity contribution in [2.75, 3.05) is 11.1 Å². The Kier molecular flexibility index (Phi) is 6.57. The highest BCUT2D eigenvalue weighted by atomic mass is 79.9. The fourth-order valence-electron chi connectivity index (χ4n) is 2.67. The van der Waals surface area contributed by atoms with Gasteiger partial charge in [-0.05, 0) is 47.1 Å². The van der Waals surface area contributed by atoms with Crippen molar-refractivity contribution in [3.8, 4) is 22.8 Å². The lowest BCUT2D eigenvalue weighted by atomic mass is 10.2. The molecule has 1 aromatic carbocycles. The second-order valence-corrected chi connectivity index (χ2v) is 9.05. The zero-order valence-corrected chi connectivity index (χ0v) is 19.6. The van der Waals surface area contributed by atoms with E-state index in [9.17, 15) is 4.79 Å². The average molecular weight is 525 g/mol. The number of thiazole rings is 1. The Hall–Kier alpha value is -2.14. The molecule has 4 rings (SSSR count). The number of anilines is 1. The Bertz CT molecular complexity index is 1170. The molecule has 1 amide bonds. The van der Waals surface area contributed by atoms with Crippen LogP contribution in [0.15, 0.2) is 56.0 Å². The second-order valence-electron chi connectivity index (χ2n) is 6.04. The normalized spacial score (nSPS) is 11.0. The number of furan rings is 1. The van der Waals surface area contributed by atoms with Crippen molar-refractivity contribution in [1.82, 2.24) is 19.7 Å². The number of nitrogens with zero attached hydrogens (tertiary/aromatic N) is 4. The van der Waals surface area contributed by atoms with Crippen LogP contribution in [0.5, 0.6) is 0 Å². The summed E-state index contributed by atoms with van der Waals surface area (Å²) in [5, 5.41) is 15.0. The standard InChI is InChI=1S/C19H15BrClN5O2S2/c1-2-26-17(14-7-8-15(20)28-14)24-25-19(26)30-10-16(27)23-18-22-13(9-29-18)11-3-5-12(21)6-4-11/h3-9H,2,10H2,1H3,(H,22,23,27). The highest BCUT2D eigenvalue weighted by Gasteiger charge is 2.17. The Morgan fingerprint density at radius 1 is 1.27 bits per heavy atom. The third kappa shape index (κ3) is 4.77. The van der Waals surface area contributed by atoms with Gasteiger partial charge in [-0.3, -0.25) is 9.36 Å². The van der Waals surface area contributed by atoms with E-state index in [1.54, 1.807) is 6.07 Å². The van der Waals surface area contributed by atoms with Crippen LogP contribution in [0.1, 0.15) is 6.92 Å². The molecule has 0 radical (unpaired) electrons. The molecule has 1 N–H and O–H groups in total. The number of hydrogen-bond acceptors (Lipinski definition) is 7. The van der Waals surface area contributed by atoms with Crippen molar-refractivity contribution in [2.24, 2.45) is 0 Å². The number of amides is 1. The third-order valence-corrected chi connectivity index (χ3v) is 6.45. The average Bonchev–Trinajstić information content (AvgIpc) is 3.46. The summed E-state index contributed by atoms with van der Waals surface area (Å²) >= 11 is 11.9. The van der Waals surface area contributed by atoms with Gasteiger partial charge in [0, 0.05) is 22.5 Å². The summed E-state index contributed by atoms with van der Waals surface area (Å²) < 4.78 is 8.10. The highest BCUT2D eigenvalue weighted by molar-refractivity contribution is 9.10. The molecule has 0 saturated heterocycles. The first kappa shape index (κ1) is 21.1. The van der Waals surface area contributed by atoms with E-state index in [2.05, 4.69) is 36.4 Å². The zero-order valence-electron chi connectivity index (χ0n) is 15.6. The maximum Gasteiger partial charge on any atom is 0.236 e. The molecule has 0 spiro atoms. The fourth-order valence-corrected chi connectivity index (χ4v) is 4.64. The van der Waals surface area contributed by atoms with Gasteiger partial charge in [-0.25, -0.2) is 4.98 Å². The van der Waals surface area contributed by atoms with Crippen molar-refractivity contribution in [1.29, 1.82) is 0 Å². The number of aromatic nitrogens is 4. The van der Waals surface area contributed by atoms with E-state index in [0.29, 0.717) is 38.1 Å². The minimum atomic E-state index is -0.162. The van der Waals surface area contributed by atoms with Crippen LogP contribution in [-0.4, -0.2) is 31.4 Å². The van der Waals surface area contributed by atoms with Crippen LogP contribution in [0.25, 0.3) is 22.8 Å². The maximum absolute atomic E-state index is 12.4. The number of carbonyl (C=O) groups is 1. The van der Waals surface area contributed by atoms with Crippen molar-refractivity contribution in [2.45, 2.75) is 18.6 Å². The fraction of sp³-hybridized carbons (Fsp3) is 0.158. The molecule has 0 atom stereocenters. The minimum absolute atomic E-state index is 0.162. The Morgan fingerprint density at radius 3 is 2.77 bits per heavy atom. The zero-order chi connectivity index (χ0) is 21.1. The van der Waals surface area contributed by atoms with Crippen LogP contribution < -0.4 is 5.32 Å². The Balaban J connectivity index is 1.39. The summed E-state index contributed by atoms with van der Waals surface area (Å²) in [5.74, 6) is 1.27. The topological polar surface area (TPSA) is 85.8 Å². The van der Waals surface area contributed by atoms with Crippen molar-refractivity contribution >= 4 is 61.7 Å².